The van der Waals surface area contributed by atoms with E-state index in [0.717, 1.165) is 32.5 Å². The molecule has 0 radical (unpaired) electrons. The average Bonchev–Trinajstić information content (AvgIpc) is 3.12. The molecule has 5 heteroatoms. The minimum atomic E-state index is -0.548. The third-order valence-electron chi connectivity index (χ3n) is 4.78. The molecule has 1 atom stereocenters. The molecule has 2 fully saturated rings. The second-order valence-electron chi connectivity index (χ2n) is 7.20. The van der Waals surface area contributed by atoms with Crippen LogP contribution in [-0.4, -0.2) is 67.1 Å². The molecule has 1 heterocycles. The van der Waals surface area contributed by atoms with Gasteiger partial charge in [0, 0.05) is 25.7 Å². The van der Waals surface area contributed by atoms with Crippen molar-refractivity contribution in [3.8, 4) is 0 Å². The van der Waals surface area contributed by atoms with Gasteiger partial charge in [-0.2, -0.15) is 0 Å². The van der Waals surface area contributed by atoms with E-state index in [1.54, 1.807) is 0 Å². The fourth-order valence-corrected chi connectivity index (χ4v) is 3.56. The van der Waals surface area contributed by atoms with Gasteiger partial charge in [-0.25, -0.2) is 0 Å². The maximum atomic E-state index is 12.2. The molecule has 122 valence electrons. The molecule has 0 spiro atoms. The Labute approximate surface area is 129 Å². The predicted octanol–water partition coefficient (Wildman–Crippen LogP) is 0.646. The number of carbonyl (C=O) groups is 1. The Balaban J connectivity index is 1.91. The Morgan fingerprint density at radius 1 is 1.38 bits per heavy atom. The highest BCUT2D eigenvalue weighted by atomic mass is 16.1. The lowest BCUT2D eigenvalue weighted by molar-refractivity contribution is -0.126. The van der Waals surface area contributed by atoms with Gasteiger partial charge in [0.05, 0.1) is 0 Å². The summed E-state index contributed by atoms with van der Waals surface area (Å²) in [5, 5.41) is 3.48. The van der Waals surface area contributed by atoms with Crippen molar-refractivity contribution in [1.29, 1.82) is 0 Å². The van der Waals surface area contributed by atoms with Crippen molar-refractivity contribution in [2.75, 3.05) is 39.8 Å². The zero-order valence-corrected chi connectivity index (χ0v) is 13.9. The van der Waals surface area contributed by atoms with Gasteiger partial charge in [-0.1, -0.05) is 0 Å². The zero-order valence-electron chi connectivity index (χ0n) is 13.9. The summed E-state index contributed by atoms with van der Waals surface area (Å²) in [6.45, 7) is 9.44. The van der Waals surface area contributed by atoms with Gasteiger partial charge in [-0.3, -0.25) is 10.1 Å². The minimum Gasteiger partial charge on any atom is -0.368 e. The van der Waals surface area contributed by atoms with Crippen LogP contribution in [0.3, 0.4) is 0 Å². The van der Waals surface area contributed by atoms with Crippen LogP contribution in [0.15, 0.2) is 0 Å². The summed E-state index contributed by atoms with van der Waals surface area (Å²) < 4.78 is 0. The molecule has 2 aliphatic rings. The molecule has 1 aliphatic heterocycles. The van der Waals surface area contributed by atoms with Gasteiger partial charge in [0.15, 0.2) is 0 Å². The van der Waals surface area contributed by atoms with Crippen molar-refractivity contribution in [2.45, 2.75) is 51.1 Å². The molecule has 0 aromatic heterocycles. The minimum absolute atomic E-state index is 0.188. The van der Waals surface area contributed by atoms with Crippen LogP contribution in [0.25, 0.3) is 0 Å². The van der Waals surface area contributed by atoms with E-state index in [1.807, 2.05) is 0 Å². The second-order valence-corrected chi connectivity index (χ2v) is 7.20. The summed E-state index contributed by atoms with van der Waals surface area (Å²) in [4.78, 5) is 16.9. The Kier molecular flexibility index (Phi) is 5.63. The summed E-state index contributed by atoms with van der Waals surface area (Å²) in [7, 11) is 2.11. The van der Waals surface area contributed by atoms with E-state index in [9.17, 15) is 4.79 Å². The highest BCUT2D eigenvalue weighted by molar-refractivity contribution is 5.86. The number of carbonyl (C=O) groups excluding carboxylic acids is 1. The van der Waals surface area contributed by atoms with Crippen molar-refractivity contribution in [3.05, 3.63) is 0 Å². The zero-order chi connectivity index (χ0) is 15.5. The fraction of sp³-hybridized carbons (Fsp3) is 0.938. The van der Waals surface area contributed by atoms with Gasteiger partial charge in [0.25, 0.3) is 0 Å². The fourth-order valence-electron chi connectivity index (χ4n) is 3.56. The molecular formula is C16H32N4O. The molecule has 21 heavy (non-hydrogen) atoms. The van der Waals surface area contributed by atoms with Gasteiger partial charge in [-0.05, 0) is 65.6 Å². The monoisotopic (exact) mass is 296 g/mol. The lowest BCUT2D eigenvalue weighted by atomic mass is 9.90. The summed E-state index contributed by atoms with van der Waals surface area (Å²) >= 11 is 0. The van der Waals surface area contributed by atoms with Crippen molar-refractivity contribution in [1.82, 2.24) is 15.1 Å². The van der Waals surface area contributed by atoms with Crippen LogP contribution < -0.4 is 11.1 Å². The second kappa shape index (κ2) is 7.07. The van der Waals surface area contributed by atoms with E-state index in [4.69, 9.17) is 5.73 Å². The van der Waals surface area contributed by atoms with Crippen LogP contribution in [0.2, 0.25) is 0 Å². The summed E-state index contributed by atoms with van der Waals surface area (Å²) in [5.41, 5.74) is 5.24. The number of hydrogen-bond acceptors (Lipinski definition) is 4. The number of rotatable bonds is 9. The van der Waals surface area contributed by atoms with Crippen LogP contribution in [0, 0.1) is 5.92 Å². The van der Waals surface area contributed by atoms with E-state index >= 15 is 0 Å². The SMILES string of the molecule is CC(C)NC(CN(C)CCN1CCCC1)(C(N)=O)C1CC1. The molecule has 1 saturated heterocycles. The molecule has 1 aliphatic carbocycles. The molecular weight excluding hydrogens is 264 g/mol. The van der Waals surface area contributed by atoms with E-state index in [0.29, 0.717) is 5.92 Å². The number of nitrogens with two attached hydrogens (primary N) is 1. The smallest absolute Gasteiger partial charge is 0.239 e. The molecule has 0 aromatic carbocycles. The maximum absolute atomic E-state index is 12.2. The molecule has 0 bridgehead atoms. The van der Waals surface area contributed by atoms with Crippen molar-refractivity contribution < 1.29 is 4.79 Å². The molecule has 5 nitrogen and oxygen atoms in total. The van der Waals surface area contributed by atoms with Gasteiger partial charge >= 0.3 is 0 Å². The first kappa shape index (κ1) is 16.7. The topological polar surface area (TPSA) is 61.6 Å². The van der Waals surface area contributed by atoms with Crippen LogP contribution >= 0.6 is 0 Å². The van der Waals surface area contributed by atoms with Crippen molar-refractivity contribution >= 4 is 5.91 Å². The standard InChI is InChI=1S/C16H32N4O/c1-13(2)18-16(15(17)21,14-6-7-14)12-19(3)10-11-20-8-4-5-9-20/h13-14,18H,4-12H2,1-3H3,(H2,17,21). The highest BCUT2D eigenvalue weighted by Crippen LogP contribution is 2.40. The molecule has 3 N–H and O–H groups in total. The molecule has 2 rings (SSSR count). The van der Waals surface area contributed by atoms with Crippen LogP contribution in [0.5, 0.6) is 0 Å². The summed E-state index contributed by atoms with van der Waals surface area (Å²) in [6.07, 6.45) is 4.88. The number of likely N-dealkylation sites (N-methyl/N-ethyl adjacent to an activating group) is 1. The first-order valence-corrected chi connectivity index (χ1v) is 8.42. The first-order chi connectivity index (χ1) is 9.94. The predicted molar refractivity (Wildman–Crippen MR) is 86.1 cm³/mol. The Morgan fingerprint density at radius 2 is 2.00 bits per heavy atom. The van der Waals surface area contributed by atoms with Gasteiger partial charge in [-0.15, -0.1) is 0 Å². The van der Waals surface area contributed by atoms with E-state index in [2.05, 4.69) is 36.0 Å². The third-order valence-corrected chi connectivity index (χ3v) is 4.78. The quantitative estimate of drug-likeness (QED) is 0.656. The van der Waals surface area contributed by atoms with Crippen LogP contribution in [0.1, 0.15) is 39.5 Å². The number of amides is 1. The average molecular weight is 296 g/mol. The van der Waals surface area contributed by atoms with E-state index in [-0.39, 0.29) is 11.9 Å². The molecule has 1 unspecified atom stereocenters. The summed E-state index contributed by atoms with van der Waals surface area (Å²) in [5.74, 6) is 0.221. The molecule has 1 amide bonds. The van der Waals surface area contributed by atoms with Gasteiger partial charge in [0.2, 0.25) is 5.91 Å². The van der Waals surface area contributed by atoms with Gasteiger partial charge in [0.1, 0.15) is 5.54 Å². The van der Waals surface area contributed by atoms with E-state index < -0.39 is 5.54 Å². The van der Waals surface area contributed by atoms with Crippen molar-refractivity contribution in [3.63, 3.8) is 0 Å². The number of primary amides is 1. The number of hydrogen-bond donors (Lipinski definition) is 2. The Bertz CT molecular complexity index is 350. The number of nitrogens with zero attached hydrogens (tertiary/aromatic N) is 2. The molecule has 1 saturated carbocycles. The number of nitrogens with one attached hydrogen (secondary N) is 1. The third kappa shape index (κ3) is 4.41. The Morgan fingerprint density at radius 3 is 2.48 bits per heavy atom. The summed E-state index contributed by atoms with van der Waals surface area (Å²) in [6, 6.07) is 0.269. The van der Waals surface area contributed by atoms with Crippen molar-refractivity contribution in [2.24, 2.45) is 11.7 Å². The lowest BCUT2D eigenvalue weighted by Gasteiger charge is -2.37. The first-order valence-electron chi connectivity index (χ1n) is 8.42. The Hall–Kier alpha value is -0.650. The van der Waals surface area contributed by atoms with Gasteiger partial charge < -0.3 is 15.5 Å². The maximum Gasteiger partial charge on any atom is 0.239 e. The normalized spacial score (nSPS) is 22.9. The highest BCUT2D eigenvalue weighted by Gasteiger charge is 2.50. The largest absolute Gasteiger partial charge is 0.368 e. The molecule has 0 aromatic rings. The van der Waals surface area contributed by atoms with E-state index in [1.165, 1.54) is 25.9 Å². The lowest BCUT2D eigenvalue weighted by Crippen LogP contribution is -2.64. The number of likely N-dealkylation sites (tertiary alicyclic amines) is 1. The van der Waals surface area contributed by atoms with Crippen LogP contribution in [-0.2, 0) is 4.79 Å². The van der Waals surface area contributed by atoms with Crippen LogP contribution in [0.4, 0.5) is 0 Å².